The van der Waals surface area contributed by atoms with Crippen molar-refractivity contribution in [3.63, 3.8) is 0 Å². The van der Waals surface area contributed by atoms with Crippen molar-refractivity contribution in [2.24, 2.45) is 0 Å². The number of hydrogen-bond donors (Lipinski definition) is 0. The van der Waals surface area contributed by atoms with Gasteiger partial charge in [0.25, 0.3) is 0 Å². The summed E-state index contributed by atoms with van der Waals surface area (Å²) >= 11 is 5.99. The second-order valence-corrected chi connectivity index (χ2v) is 4.14. The maximum absolute atomic E-state index is 12.0. The van der Waals surface area contributed by atoms with Crippen molar-refractivity contribution < 1.29 is 9.53 Å². The van der Waals surface area contributed by atoms with Gasteiger partial charge in [-0.3, -0.25) is 9.69 Å². The fourth-order valence-corrected chi connectivity index (χ4v) is 1.84. The minimum absolute atomic E-state index is 0.0817. The Morgan fingerprint density at radius 3 is 2.47 bits per heavy atom. The molecule has 0 bridgehead atoms. The Bertz CT molecular complexity index is 389. The zero-order valence-electron chi connectivity index (χ0n) is 10.5. The number of methoxy groups -OCH3 is 1. The van der Waals surface area contributed by atoms with Gasteiger partial charge in [0.1, 0.15) is 5.75 Å². The van der Waals surface area contributed by atoms with Gasteiger partial charge in [0, 0.05) is 5.56 Å². The number of ether oxygens (including phenoxy) is 1. The van der Waals surface area contributed by atoms with E-state index in [-0.39, 0.29) is 5.78 Å². The van der Waals surface area contributed by atoms with Gasteiger partial charge in [0.15, 0.2) is 5.78 Å². The van der Waals surface area contributed by atoms with E-state index in [4.69, 9.17) is 16.3 Å². The molecular formula is C13H18ClNO2. The van der Waals surface area contributed by atoms with E-state index in [2.05, 4.69) is 4.90 Å². The third-order valence-electron chi connectivity index (χ3n) is 2.74. The van der Waals surface area contributed by atoms with Crippen LogP contribution in [0, 0.1) is 0 Å². The van der Waals surface area contributed by atoms with E-state index >= 15 is 0 Å². The molecule has 0 fully saturated rings. The predicted octanol–water partition coefficient (Wildman–Crippen LogP) is 2.87. The molecule has 0 aromatic heterocycles. The highest BCUT2D eigenvalue weighted by Gasteiger charge is 2.11. The van der Waals surface area contributed by atoms with Crippen molar-refractivity contribution in [1.82, 2.24) is 4.90 Å². The smallest absolute Gasteiger partial charge is 0.176 e. The molecule has 0 aliphatic rings. The molecule has 0 unspecified atom stereocenters. The number of hydrogen-bond acceptors (Lipinski definition) is 3. The van der Waals surface area contributed by atoms with Crippen LogP contribution in [0.2, 0.25) is 5.02 Å². The summed E-state index contributed by atoms with van der Waals surface area (Å²) in [5, 5.41) is 0.470. The predicted molar refractivity (Wildman–Crippen MR) is 70.1 cm³/mol. The first-order chi connectivity index (χ1) is 8.12. The average Bonchev–Trinajstić information content (AvgIpc) is 2.35. The van der Waals surface area contributed by atoms with Crippen molar-refractivity contribution in [1.29, 1.82) is 0 Å². The van der Waals surface area contributed by atoms with Crippen LogP contribution in [0.1, 0.15) is 24.2 Å². The molecule has 3 nitrogen and oxygen atoms in total. The molecule has 0 amide bonds. The van der Waals surface area contributed by atoms with Gasteiger partial charge >= 0.3 is 0 Å². The van der Waals surface area contributed by atoms with Crippen molar-refractivity contribution in [3.8, 4) is 5.75 Å². The summed E-state index contributed by atoms with van der Waals surface area (Å²) < 4.78 is 5.05. The van der Waals surface area contributed by atoms with E-state index in [1.165, 1.54) is 0 Å². The fraction of sp³-hybridized carbons (Fsp3) is 0.462. The number of nitrogens with zero attached hydrogens (tertiary/aromatic N) is 1. The van der Waals surface area contributed by atoms with Gasteiger partial charge in [-0.05, 0) is 31.3 Å². The molecule has 17 heavy (non-hydrogen) atoms. The quantitative estimate of drug-likeness (QED) is 0.732. The monoisotopic (exact) mass is 255 g/mol. The lowest BCUT2D eigenvalue weighted by molar-refractivity contribution is 0.0937. The van der Waals surface area contributed by atoms with Crippen molar-refractivity contribution in [2.45, 2.75) is 13.8 Å². The first-order valence-corrected chi connectivity index (χ1v) is 6.09. The Labute approximate surface area is 107 Å². The van der Waals surface area contributed by atoms with E-state index in [1.807, 2.05) is 13.8 Å². The summed E-state index contributed by atoms with van der Waals surface area (Å²) in [6, 6.07) is 5.13. The first kappa shape index (κ1) is 14.0. The summed E-state index contributed by atoms with van der Waals surface area (Å²) in [7, 11) is 1.55. The summed E-state index contributed by atoms with van der Waals surface area (Å²) in [4.78, 5) is 14.1. The number of rotatable bonds is 6. The molecule has 0 saturated heterocycles. The fourth-order valence-electron chi connectivity index (χ4n) is 1.58. The number of halogens is 1. The van der Waals surface area contributed by atoms with Crippen molar-refractivity contribution >= 4 is 17.4 Å². The zero-order chi connectivity index (χ0) is 12.8. The van der Waals surface area contributed by atoms with Gasteiger partial charge in [0.2, 0.25) is 0 Å². The summed E-state index contributed by atoms with van der Waals surface area (Å²) in [6.07, 6.45) is 0. The van der Waals surface area contributed by atoms with E-state index in [1.54, 1.807) is 25.3 Å². The number of benzene rings is 1. The Morgan fingerprint density at radius 2 is 2.00 bits per heavy atom. The van der Waals surface area contributed by atoms with Gasteiger partial charge in [-0.1, -0.05) is 25.4 Å². The number of carbonyl (C=O) groups excluding carboxylic acids is 1. The summed E-state index contributed by atoms with van der Waals surface area (Å²) in [6.45, 7) is 6.24. The van der Waals surface area contributed by atoms with Crippen LogP contribution in [0.15, 0.2) is 18.2 Å². The molecule has 0 N–H and O–H groups in total. The molecule has 0 heterocycles. The number of ketones is 1. The molecule has 1 aromatic rings. The van der Waals surface area contributed by atoms with Crippen LogP contribution in [-0.2, 0) is 0 Å². The maximum atomic E-state index is 12.0. The largest absolute Gasteiger partial charge is 0.495 e. The Hall–Kier alpha value is -1.06. The van der Waals surface area contributed by atoms with Crippen LogP contribution in [0.3, 0.4) is 0 Å². The van der Waals surface area contributed by atoms with Gasteiger partial charge in [-0.15, -0.1) is 0 Å². The molecule has 4 heteroatoms. The molecule has 0 aliphatic carbocycles. The molecule has 0 saturated carbocycles. The molecule has 0 radical (unpaired) electrons. The molecular weight excluding hydrogens is 238 g/mol. The lowest BCUT2D eigenvalue weighted by Gasteiger charge is -2.16. The van der Waals surface area contributed by atoms with Crippen LogP contribution in [-0.4, -0.2) is 37.4 Å². The zero-order valence-corrected chi connectivity index (χ0v) is 11.3. The SMILES string of the molecule is CCN(CC)CC(=O)c1ccc(OC)c(Cl)c1. The van der Waals surface area contributed by atoms with Crippen molar-refractivity contribution in [2.75, 3.05) is 26.7 Å². The molecule has 1 aromatic carbocycles. The van der Waals surface area contributed by atoms with Crippen LogP contribution in [0.4, 0.5) is 0 Å². The van der Waals surface area contributed by atoms with Gasteiger partial charge < -0.3 is 4.74 Å². The molecule has 1 rings (SSSR count). The third-order valence-corrected chi connectivity index (χ3v) is 3.03. The van der Waals surface area contributed by atoms with Gasteiger partial charge in [0.05, 0.1) is 18.7 Å². The summed E-state index contributed by atoms with van der Waals surface area (Å²) in [5.74, 6) is 0.671. The Morgan fingerprint density at radius 1 is 1.35 bits per heavy atom. The van der Waals surface area contributed by atoms with E-state index in [0.29, 0.717) is 22.9 Å². The van der Waals surface area contributed by atoms with E-state index in [0.717, 1.165) is 13.1 Å². The van der Waals surface area contributed by atoms with Gasteiger partial charge in [-0.2, -0.15) is 0 Å². The van der Waals surface area contributed by atoms with E-state index < -0.39 is 0 Å². The highest BCUT2D eigenvalue weighted by molar-refractivity contribution is 6.32. The highest BCUT2D eigenvalue weighted by Crippen LogP contribution is 2.25. The van der Waals surface area contributed by atoms with Crippen LogP contribution < -0.4 is 4.74 Å². The Kier molecular flexibility index (Phi) is 5.45. The van der Waals surface area contributed by atoms with Crippen molar-refractivity contribution in [3.05, 3.63) is 28.8 Å². The second-order valence-electron chi connectivity index (χ2n) is 3.73. The molecule has 0 atom stereocenters. The minimum atomic E-state index is 0.0817. The topological polar surface area (TPSA) is 29.5 Å². The molecule has 0 aliphatic heterocycles. The number of Topliss-reactive ketones (excluding diaryl/α,β-unsaturated/α-hetero) is 1. The number of carbonyl (C=O) groups is 1. The minimum Gasteiger partial charge on any atom is -0.495 e. The maximum Gasteiger partial charge on any atom is 0.176 e. The summed E-state index contributed by atoms with van der Waals surface area (Å²) in [5.41, 5.74) is 0.628. The van der Waals surface area contributed by atoms with Gasteiger partial charge in [-0.25, -0.2) is 0 Å². The standard InChI is InChI=1S/C13H18ClNO2/c1-4-15(5-2)9-12(16)10-6-7-13(17-3)11(14)8-10/h6-8H,4-5,9H2,1-3H3. The van der Waals surface area contributed by atoms with Crippen LogP contribution in [0.5, 0.6) is 5.75 Å². The number of likely N-dealkylation sites (N-methyl/N-ethyl adjacent to an activating group) is 1. The highest BCUT2D eigenvalue weighted by atomic mass is 35.5. The van der Waals surface area contributed by atoms with Crippen LogP contribution >= 0.6 is 11.6 Å². The average molecular weight is 256 g/mol. The first-order valence-electron chi connectivity index (χ1n) is 5.71. The Balaban J connectivity index is 2.79. The van der Waals surface area contributed by atoms with E-state index in [9.17, 15) is 4.79 Å². The second kappa shape index (κ2) is 6.62. The van der Waals surface area contributed by atoms with Crippen LogP contribution in [0.25, 0.3) is 0 Å². The third kappa shape index (κ3) is 3.72. The lowest BCUT2D eigenvalue weighted by Crippen LogP contribution is -2.29. The normalized spacial score (nSPS) is 10.6. The molecule has 94 valence electrons. The lowest BCUT2D eigenvalue weighted by atomic mass is 10.1. The molecule has 0 spiro atoms.